The second-order valence-electron chi connectivity index (χ2n) is 7.17. The highest BCUT2D eigenvalue weighted by Gasteiger charge is 2.26. The fraction of sp³-hybridized carbons (Fsp3) is 0.722. The van der Waals surface area contributed by atoms with Crippen LogP contribution < -0.4 is 10.6 Å². The molecule has 0 fully saturated rings. The summed E-state index contributed by atoms with van der Waals surface area (Å²) in [6, 6.07) is 0. The Morgan fingerprint density at radius 3 is 2.72 bits per heavy atom. The molecule has 6 nitrogen and oxygen atoms in total. The summed E-state index contributed by atoms with van der Waals surface area (Å²) in [6.07, 6.45) is 4.82. The maximum atomic E-state index is 12.0. The number of aliphatic imine (C=N–C) groups is 1. The van der Waals surface area contributed by atoms with E-state index < -0.39 is 5.41 Å². The molecule has 1 aliphatic carbocycles. The molecule has 1 amide bonds. The van der Waals surface area contributed by atoms with Gasteiger partial charge in [-0.05, 0) is 46.5 Å². The van der Waals surface area contributed by atoms with E-state index in [1.54, 1.807) is 7.05 Å². The topological polar surface area (TPSA) is 69.6 Å². The zero-order valence-electron chi connectivity index (χ0n) is 16.1. The number of carbonyl (C=O) groups excluding carboxylic acids is 1. The molecule has 2 N–H and O–H groups in total. The first-order valence-electron chi connectivity index (χ1n) is 9.06. The van der Waals surface area contributed by atoms with Gasteiger partial charge in [-0.15, -0.1) is 11.3 Å². The number of guanidine groups is 1. The van der Waals surface area contributed by atoms with E-state index in [1.165, 1.54) is 29.8 Å². The van der Waals surface area contributed by atoms with Crippen molar-refractivity contribution in [1.29, 1.82) is 0 Å². The van der Waals surface area contributed by atoms with Crippen molar-refractivity contribution in [3.8, 4) is 0 Å². The van der Waals surface area contributed by atoms with Crippen molar-refractivity contribution in [1.82, 2.24) is 20.5 Å². The lowest BCUT2D eigenvalue weighted by Gasteiger charge is -2.24. The van der Waals surface area contributed by atoms with Crippen LogP contribution in [0.3, 0.4) is 0 Å². The molecule has 1 aromatic rings. The van der Waals surface area contributed by atoms with Crippen molar-refractivity contribution in [2.45, 2.75) is 53.0 Å². The smallest absolute Gasteiger partial charge is 0.227 e. The Morgan fingerprint density at radius 2 is 2.08 bits per heavy atom. The quantitative estimate of drug-likeness (QED) is 0.599. The van der Waals surface area contributed by atoms with Crippen molar-refractivity contribution in [3.05, 3.63) is 15.6 Å². The summed E-state index contributed by atoms with van der Waals surface area (Å²) in [6.45, 7) is 7.84. The molecule has 0 radical (unpaired) electrons. The second-order valence-corrected chi connectivity index (χ2v) is 8.34. The van der Waals surface area contributed by atoms with Gasteiger partial charge < -0.3 is 15.5 Å². The van der Waals surface area contributed by atoms with Gasteiger partial charge in [0.15, 0.2) is 5.96 Å². The third kappa shape index (κ3) is 5.17. The number of thiazole rings is 1. The van der Waals surface area contributed by atoms with Gasteiger partial charge in [0.05, 0.1) is 24.2 Å². The monoisotopic (exact) mass is 365 g/mol. The lowest BCUT2D eigenvalue weighted by molar-refractivity contribution is -0.128. The highest BCUT2D eigenvalue weighted by atomic mass is 32.1. The molecule has 0 saturated carbocycles. The van der Waals surface area contributed by atoms with Gasteiger partial charge in [0.1, 0.15) is 5.01 Å². The van der Waals surface area contributed by atoms with Crippen molar-refractivity contribution in [2.75, 3.05) is 27.2 Å². The molecule has 25 heavy (non-hydrogen) atoms. The molecular formula is C18H31N5OS. The largest absolute Gasteiger partial charge is 0.359 e. The Labute approximate surface area is 155 Å². The number of aromatic nitrogens is 1. The van der Waals surface area contributed by atoms with Crippen LogP contribution >= 0.6 is 11.3 Å². The predicted octanol–water partition coefficient (Wildman–Crippen LogP) is 2.19. The molecule has 0 bridgehead atoms. The summed E-state index contributed by atoms with van der Waals surface area (Å²) in [4.78, 5) is 25.0. The van der Waals surface area contributed by atoms with E-state index in [9.17, 15) is 4.79 Å². The molecule has 0 spiro atoms. The molecule has 1 aromatic heterocycles. The van der Waals surface area contributed by atoms with Crippen LogP contribution in [0.5, 0.6) is 0 Å². The molecule has 0 unspecified atom stereocenters. The molecule has 0 atom stereocenters. The first-order chi connectivity index (χ1) is 11.9. The molecule has 7 heteroatoms. The van der Waals surface area contributed by atoms with Crippen molar-refractivity contribution in [3.63, 3.8) is 0 Å². The van der Waals surface area contributed by atoms with Crippen LogP contribution in [0, 0.1) is 5.41 Å². The van der Waals surface area contributed by atoms with Crippen LogP contribution in [0.25, 0.3) is 0 Å². The van der Waals surface area contributed by atoms with Gasteiger partial charge in [-0.2, -0.15) is 0 Å². The zero-order chi connectivity index (χ0) is 18.4. The predicted molar refractivity (Wildman–Crippen MR) is 104 cm³/mol. The van der Waals surface area contributed by atoms with Crippen LogP contribution in [-0.4, -0.2) is 48.9 Å². The Hall–Kier alpha value is -1.63. The van der Waals surface area contributed by atoms with Gasteiger partial charge in [-0.3, -0.25) is 9.79 Å². The number of hydrogen-bond donors (Lipinski definition) is 2. The lowest BCUT2D eigenvalue weighted by atomic mass is 9.93. The average molecular weight is 366 g/mol. The number of fused-ring (bicyclic) bond motifs is 1. The summed E-state index contributed by atoms with van der Waals surface area (Å²) < 4.78 is 0. The maximum absolute atomic E-state index is 12.0. The number of nitrogens with one attached hydrogen (secondary N) is 2. The van der Waals surface area contributed by atoms with Crippen LogP contribution in [0.2, 0.25) is 0 Å². The third-order valence-corrected chi connectivity index (χ3v) is 5.57. The number of aryl methyl sites for hydroxylation is 2. The van der Waals surface area contributed by atoms with E-state index in [1.807, 2.05) is 32.2 Å². The minimum atomic E-state index is -0.531. The van der Waals surface area contributed by atoms with Crippen LogP contribution in [-0.2, 0) is 24.2 Å². The van der Waals surface area contributed by atoms with Gasteiger partial charge >= 0.3 is 0 Å². The molecule has 0 saturated heterocycles. The van der Waals surface area contributed by atoms with Gasteiger partial charge in [0.2, 0.25) is 5.91 Å². The maximum Gasteiger partial charge on any atom is 0.227 e. The molecule has 2 rings (SSSR count). The zero-order valence-corrected chi connectivity index (χ0v) is 16.9. The number of nitrogens with zero attached hydrogens (tertiary/aromatic N) is 3. The van der Waals surface area contributed by atoms with E-state index in [0.717, 1.165) is 30.5 Å². The summed E-state index contributed by atoms with van der Waals surface area (Å²) in [5, 5.41) is 7.17. The van der Waals surface area contributed by atoms with E-state index in [4.69, 9.17) is 4.98 Å². The molecule has 140 valence electrons. The van der Waals surface area contributed by atoms with Crippen LogP contribution in [0.4, 0.5) is 0 Å². The summed E-state index contributed by atoms with van der Waals surface area (Å²) in [5.74, 6) is 0.815. The summed E-state index contributed by atoms with van der Waals surface area (Å²) in [5.41, 5.74) is 0.763. The first kappa shape index (κ1) is 19.7. The molecule has 1 heterocycles. The SMILES string of the molecule is CCNC(=NCC(C)(C)C(=O)NC)N(C)Cc1nc2c(s1)CCCC2. The van der Waals surface area contributed by atoms with Gasteiger partial charge in [0.25, 0.3) is 0 Å². The number of amides is 1. The van der Waals surface area contributed by atoms with E-state index in [2.05, 4.69) is 27.4 Å². The average Bonchev–Trinajstić information content (AvgIpc) is 2.99. The highest BCUT2D eigenvalue weighted by molar-refractivity contribution is 7.11. The van der Waals surface area contributed by atoms with Gasteiger partial charge in [0, 0.05) is 25.5 Å². The molecule has 0 aliphatic heterocycles. The lowest BCUT2D eigenvalue weighted by Crippen LogP contribution is -2.41. The number of hydrogen-bond acceptors (Lipinski definition) is 4. The minimum absolute atomic E-state index is 0.00218. The molecular weight excluding hydrogens is 334 g/mol. The highest BCUT2D eigenvalue weighted by Crippen LogP contribution is 2.27. The summed E-state index contributed by atoms with van der Waals surface area (Å²) >= 11 is 1.83. The molecule has 0 aromatic carbocycles. The fourth-order valence-electron chi connectivity index (χ4n) is 2.90. The number of carbonyl (C=O) groups is 1. The Morgan fingerprint density at radius 1 is 1.36 bits per heavy atom. The van der Waals surface area contributed by atoms with E-state index in [-0.39, 0.29) is 5.91 Å². The van der Waals surface area contributed by atoms with Crippen LogP contribution in [0.15, 0.2) is 4.99 Å². The Kier molecular flexibility index (Phi) is 6.81. The van der Waals surface area contributed by atoms with Crippen LogP contribution in [0.1, 0.15) is 49.2 Å². The first-order valence-corrected chi connectivity index (χ1v) is 9.88. The molecule has 1 aliphatic rings. The van der Waals surface area contributed by atoms with Crippen molar-refractivity contribution >= 4 is 23.2 Å². The number of rotatable bonds is 6. The third-order valence-electron chi connectivity index (χ3n) is 4.42. The minimum Gasteiger partial charge on any atom is -0.359 e. The van der Waals surface area contributed by atoms with E-state index in [0.29, 0.717) is 6.54 Å². The normalized spacial score (nSPS) is 14.8. The van der Waals surface area contributed by atoms with Crippen molar-refractivity contribution < 1.29 is 4.79 Å². The summed E-state index contributed by atoms with van der Waals surface area (Å²) in [7, 11) is 3.68. The Balaban J connectivity index is 2.06. The van der Waals surface area contributed by atoms with Gasteiger partial charge in [-0.1, -0.05) is 0 Å². The second kappa shape index (κ2) is 8.65. The Bertz CT molecular complexity index is 599. The van der Waals surface area contributed by atoms with Crippen molar-refractivity contribution in [2.24, 2.45) is 10.4 Å². The fourth-order valence-corrected chi connectivity index (χ4v) is 4.11. The van der Waals surface area contributed by atoms with Gasteiger partial charge in [-0.25, -0.2) is 4.98 Å². The standard InChI is InChI=1S/C18H31N5OS/c1-6-20-17(21-12-18(2,3)16(24)19-4)23(5)11-15-22-13-9-7-8-10-14(13)25-15/h6-12H2,1-5H3,(H,19,24)(H,20,21). The van der Waals surface area contributed by atoms with E-state index >= 15 is 0 Å².